The zero-order valence-corrected chi connectivity index (χ0v) is 23.2. The van der Waals surface area contributed by atoms with Gasteiger partial charge in [-0.15, -0.1) is 0 Å². The predicted octanol–water partition coefficient (Wildman–Crippen LogP) is 7.20. The van der Waals surface area contributed by atoms with Crippen LogP contribution in [0, 0.1) is 0 Å². The number of benzene rings is 2. The van der Waals surface area contributed by atoms with Crippen LogP contribution in [0.25, 0.3) is 16.8 Å². The first-order chi connectivity index (χ1) is 18.6. The highest BCUT2D eigenvalue weighted by Gasteiger charge is 2.33. The van der Waals surface area contributed by atoms with E-state index in [1.165, 1.54) is 0 Å². The average Bonchev–Trinajstić information content (AvgIpc) is 3.21. The molecule has 1 saturated heterocycles. The predicted molar refractivity (Wildman–Crippen MR) is 154 cm³/mol. The Balaban J connectivity index is 1.54. The molecule has 1 heterocycles. The molecule has 2 aliphatic rings. The number of anilines is 1. The molecule has 1 aliphatic heterocycles. The molecule has 7 heteroatoms. The van der Waals surface area contributed by atoms with E-state index in [0.29, 0.717) is 32.6 Å². The number of nitrogens with zero attached hydrogens (tertiary/aromatic N) is 3. The maximum absolute atomic E-state index is 13.5. The second kappa shape index (κ2) is 12.2. The highest BCUT2D eigenvalue weighted by molar-refractivity contribution is 6.22. The summed E-state index contributed by atoms with van der Waals surface area (Å²) in [6, 6.07) is 14.2. The second-order valence-corrected chi connectivity index (χ2v) is 10.4. The van der Waals surface area contributed by atoms with Crippen molar-refractivity contribution in [2.24, 2.45) is 0 Å². The number of halogens is 3. The second-order valence-electron chi connectivity index (χ2n) is 10.4. The van der Waals surface area contributed by atoms with Crippen molar-refractivity contribution < 1.29 is 18.0 Å². The summed E-state index contributed by atoms with van der Waals surface area (Å²) < 4.78 is 37.7. The molecule has 0 aromatic heterocycles. The van der Waals surface area contributed by atoms with Crippen LogP contribution in [-0.2, 0) is 0 Å². The first-order valence-corrected chi connectivity index (χ1v) is 13.7. The third kappa shape index (κ3) is 6.64. The van der Waals surface area contributed by atoms with Gasteiger partial charge in [-0.3, -0.25) is 9.69 Å². The lowest BCUT2D eigenvalue weighted by molar-refractivity contribution is -0.138. The lowest BCUT2D eigenvalue weighted by Crippen LogP contribution is -2.47. The number of hydrogen-bond acceptors (Lipinski definition) is 4. The van der Waals surface area contributed by atoms with Crippen molar-refractivity contribution in [1.29, 1.82) is 0 Å². The molecule has 4 nitrogen and oxygen atoms in total. The van der Waals surface area contributed by atoms with Crippen LogP contribution in [0.15, 0.2) is 72.3 Å². The third-order valence-corrected chi connectivity index (χ3v) is 7.57. The van der Waals surface area contributed by atoms with Gasteiger partial charge in [-0.1, -0.05) is 61.6 Å². The Morgan fingerprint density at radius 1 is 1.03 bits per heavy atom. The molecule has 0 bridgehead atoms. The highest BCUT2D eigenvalue weighted by Crippen LogP contribution is 2.42. The lowest BCUT2D eigenvalue weighted by atomic mass is 9.95. The van der Waals surface area contributed by atoms with Gasteiger partial charge in [0.05, 0.1) is 12.1 Å². The van der Waals surface area contributed by atoms with E-state index in [4.69, 9.17) is 0 Å². The fourth-order valence-corrected chi connectivity index (χ4v) is 5.57. The molecule has 0 spiro atoms. The summed E-state index contributed by atoms with van der Waals surface area (Å²) in [7, 11) is 3.98. The zero-order chi connectivity index (χ0) is 28.2. The Kier molecular flexibility index (Phi) is 9.01. The molecule has 2 aromatic carbocycles. The molecule has 0 atom stereocenters. The molecule has 0 N–H and O–H groups in total. The minimum Gasteiger partial charge on any atom is -0.377 e. The van der Waals surface area contributed by atoms with Crippen molar-refractivity contribution in [2.75, 3.05) is 51.7 Å². The maximum atomic E-state index is 13.5. The molecule has 0 amide bonds. The van der Waals surface area contributed by atoms with Gasteiger partial charge in [0.15, 0.2) is 5.78 Å². The molecule has 39 heavy (non-hydrogen) atoms. The van der Waals surface area contributed by atoms with E-state index in [2.05, 4.69) is 54.8 Å². The molecular formula is C32H38F3N3O. The fourth-order valence-electron chi connectivity index (χ4n) is 5.57. The minimum atomic E-state index is -4.11. The number of carbonyl (C=O) groups is 1. The summed E-state index contributed by atoms with van der Waals surface area (Å²) in [6.07, 6.45) is 1.53. The van der Waals surface area contributed by atoms with E-state index in [0.717, 1.165) is 57.6 Å². The smallest absolute Gasteiger partial charge is 0.377 e. The molecule has 1 fully saturated rings. The van der Waals surface area contributed by atoms with Crippen LogP contribution in [0.4, 0.5) is 18.9 Å². The zero-order valence-electron chi connectivity index (χ0n) is 23.2. The average molecular weight is 538 g/mol. The highest BCUT2D eigenvalue weighted by atomic mass is 19.4. The topological polar surface area (TPSA) is 26.8 Å². The molecular weight excluding hydrogens is 499 g/mol. The molecule has 0 saturated carbocycles. The van der Waals surface area contributed by atoms with Crippen LogP contribution in [0.2, 0.25) is 0 Å². The van der Waals surface area contributed by atoms with Crippen molar-refractivity contribution >= 4 is 17.2 Å². The van der Waals surface area contributed by atoms with Crippen molar-refractivity contribution in [1.82, 2.24) is 9.80 Å². The Morgan fingerprint density at radius 2 is 1.69 bits per heavy atom. The molecule has 0 radical (unpaired) electrons. The number of ketones is 1. The number of rotatable bonds is 10. The van der Waals surface area contributed by atoms with Crippen molar-refractivity contribution in [3.63, 3.8) is 0 Å². The maximum Gasteiger partial charge on any atom is 0.390 e. The van der Waals surface area contributed by atoms with Crippen LogP contribution in [0.5, 0.6) is 0 Å². The van der Waals surface area contributed by atoms with Crippen LogP contribution in [0.1, 0.15) is 48.5 Å². The summed E-state index contributed by atoms with van der Waals surface area (Å²) in [5.41, 5.74) is 7.81. The van der Waals surface area contributed by atoms with E-state index in [1.807, 2.05) is 42.1 Å². The van der Waals surface area contributed by atoms with Gasteiger partial charge in [0.2, 0.25) is 0 Å². The van der Waals surface area contributed by atoms with Crippen LogP contribution in [-0.4, -0.2) is 68.6 Å². The van der Waals surface area contributed by atoms with Gasteiger partial charge in [0.1, 0.15) is 0 Å². The van der Waals surface area contributed by atoms with Gasteiger partial charge in [-0.2, -0.15) is 13.2 Å². The number of allylic oxidation sites excluding steroid dienone is 4. The first-order valence-electron chi connectivity index (χ1n) is 13.7. The van der Waals surface area contributed by atoms with E-state index in [9.17, 15) is 18.0 Å². The first kappa shape index (κ1) is 28.7. The van der Waals surface area contributed by atoms with E-state index in [-0.39, 0.29) is 12.3 Å². The number of fused-ring (bicyclic) bond motifs is 1. The van der Waals surface area contributed by atoms with Gasteiger partial charge >= 0.3 is 6.18 Å². The largest absolute Gasteiger partial charge is 0.390 e. The van der Waals surface area contributed by atoms with Crippen LogP contribution >= 0.6 is 0 Å². The Labute approximate surface area is 230 Å². The van der Waals surface area contributed by atoms with Gasteiger partial charge in [0.25, 0.3) is 0 Å². The molecule has 1 aliphatic carbocycles. The standard InChI is InChI=1S/C32H38F3N3O/c1-5-8-23(6-2)11-16-28-30(36(3)4)29-26(9-7-10-27(29)31(28)39)24-12-14-25(15-13-24)38-21-19-37(20-22-38)18-17-32(33,34)35/h6-10,12-15H,2,5,11,16-22H2,1,3-4H3/b23-8+. The van der Waals surface area contributed by atoms with E-state index < -0.39 is 12.6 Å². The third-order valence-electron chi connectivity index (χ3n) is 7.57. The Hall–Kier alpha value is -3.32. The number of Topliss-reactive ketones (excluding diaryl/α,β-unsaturated/α-hetero) is 1. The SMILES string of the molecule is C=C/C(=C\CC)CCC1=C(N(C)C)c2c(cccc2-c2ccc(N3CCN(CCC(F)(F)F)CC3)cc2)C1=O. The quantitative estimate of drug-likeness (QED) is 0.300. The van der Waals surface area contributed by atoms with E-state index >= 15 is 0 Å². The summed E-state index contributed by atoms with van der Waals surface area (Å²) in [4.78, 5) is 19.7. The summed E-state index contributed by atoms with van der Waals surface area (Å²) in [5, 5.41) is 0. The van der Waals surface area contributed by atoms with Gasteiger partial charge < -0.3 is 9.80 Å². The van der Waals surface area contributed by atoms with Crippen molar-refractivity contribution in [3.8, 4) is 11.1 Å². The monoisotopic (exact) mass is 537 g/mol. The number of alkyl halides is 3. The van der Waals surface area contributed by atoms with E-state index in [1.54, 1.807) is 0 Å². The molecule has 2 aromatic rings. The Bertz CT molecular complexity index is 1250. The fraction of sp³-hybridized carbons (Fsp3) is 0.406. The molecule has 0 unspecified atom stereocenters. The van der Waals surface area contributed by atoms with Crippen LogP contribution in [0.3, 0.4) is 0 Å². The minimum absolute atomic E-state index is 0.0572. The lowest BCUT2D eigenvalue weighted by Gasteiger charge is -2.36. The number of piperazine rings is 1. The molecule has 208 valence electrons. The van der Waals surface area contributed by atoms with Crippen LogP contribution < -0.4 is 4.90 Å². The molecule has 4 rings (SSSR count). The summed E-state index contributed by atoms with van der Waals surface area (Å²) in [6.45, 7) is 8.71. The summed E-state index contributed by atoms with van der Waals surface area (Å²) in [5.74, 6) is 0.0930. The Morgan fingerprint density at radius 3 is 2.28 bits per heavy atom. The number of carbonyl (C=O) groups excluding carboxylic acids is 1. The van der Waals surface area contributed by atoms with Gasteiger partial charge in [0, 0.05) is 69.2 Å². The van der Waals surface area contributed by atoms with Crippen molar-refractivity contribution in [2.45, 2.75) is 38.8 Å². The van der Waals surface area contributed by atoms with Gasteiger partial charge in [-0.05, 0) is 42.5 Å². The van der Waals surface area contributed by atoms with Gasteiger partial charge in [-0.25, -0.2) is 0 Å². The normalized spacial score (nSPS) is 16.6. The van der Waals surface area contributed by atoms with Crippen molar-refractivity contribution in [3.05, 3.63) is 83.5 Å². The summed E-state index contributed by atoms with van der Waals surface area (Å²) >= 11 is 0. The number of hydrogen-bond donors (Lipinski definition) is 0.